The number of hydrogen-bond acceptors (Lipinski definition) is 4. The van der Waals surface area contributed by atoms with E-state index in [1.807, 2.05) is 0 Å². The van der Waals surface area contributed by atoms with Crippen molar-refractivity contribution in [3.05, 3.63) is 46.7 Å². The lowest BCUT2D eigenvalue weighted by Crippen LogP contribution is -2.12. The second-order valence-corrected chi connectivity index (χ2v) is 6.46. The van der Waals surface area contributed by atoms with Gasteiger partial charge in [-0.25, -0.2) is 17.9 Å². The second kappa shape index (κ2) is 5.39. The van der Waals surface area contributed by atoms with Crippen LogP contribution in [-0.2, 0) is 10.0 Å². The van der Waals surface area contributed by atoms with Gasteiger partial charge in [0.25, 0.3) is 0 Å². The molecule has 0 aliphatic rings. The summed E-state index contributed by atoms with van der Waals surface area (Å²) in [5.41, 5.74) is 7.03. The van der Waals surface area contributed by atoms with Gasteiger partial charge in [-0.15, -0.1) is 0 Å². The van der Waals surface area contributed by atoms with Crippen molar-refractivity contribution in [2.75, 3.05) is 11.1 Å². The van der Waals surface area contributed by atoms with Crippen LogP contribution in [0.3, 0.4) is 0 Å². The maximum absolute atomic E-state index is 13.1. The number of rotatable bonds is 3. The predicted octanol–water partition coefficient (Wildman–Crippen LogP) is 2.56. The van der Waals surface area contributed by atoms with Crippen LogP contribution < -0.4 is 16.2 Å². The minimum Gasteiger partial charge on any atom is -0.397 e. The van der Waals surface area contributed by atoms with Crippen molar-refractivity contribution in [2.45, 2.75) is 4.90 Å². The van der Waals surface area contributed by atoms with Crippen molar-refractivity contribution in [1.29, 1.82) is 0 Å². The Labute approximate surface area is 124 Å². The fraction of sp³-hybridized carbons (Fsp3) is 0. The summed E-state index contributed by atoms with van der Waals surface area (Å²) >= 11 is 3.06. The fourth-order valence-electron chi connectivity index (χ4n) is 1.55. The van der Waals surface area contributed by atoms with Gasteiger partial charge in [0.15, 0.2) is 0 Å². The SMILES string of the molecule is Nc1ccc(S(N)(=O)=O)cc1Nc1ccc(F)c(Br)c1. The third kappa shape index (κ3) is 3.27. The topological polar surface area (TPSA) is 98.2 Å². The Kier molecular flexibility index (Phi) is 3.98. The Morgan fingerprint density at radius 1 is 1.15 bits per heavy atom. The molecule has 0 bridgehead atoms. The summed E-state index contributed by atoms with van der Waals surface area (Å²) in [6, 6.07) is 8.35. The summed E-state index contributed by atoms with van der Waals surface area (Å²) in [4.78, 5) is -0.0598. The molecule has 0 radical (unpaired) electrons. The van der Waals surface area contributed by atoms with Gasteiger partial charge in [-0.05, 0) is 52.3 Å². The monoisotopic (exact) mass is 359 g/mol. The first-order chi connectivity index (χ1) is 9.27. The molecule has 2 aromatic rings. The molecule has 0 aliphatic carbocycles. The van der Waals surface area contributed by atoms with E-state index in [-0.39, 0.29) is 9.37 Å². The number of halogens is 2. The van der Waals surface area contributed by atoms with Gasteiger partial charge in [0.05, 0.1) is 20.7 Å². The quantitative estimate of drug-likeness (QED) is 0.733. The Balaban J connectivity index is 2.40. The second-order valence-electron chi connectivity index (χ2n) is 4.05. The molecule has 20 heavy (non-hydrogen) atoms. The molecule has 0 fully saturated rings. The number of primary sulfonamides is 1. The number of anilines is 3. The van der Waals surface area contributed by atoms with E-state index in [2.05, 4.69) is 21.2 Å². The van der Waals surface area contributed by atoms with Crippen LogP contribution in [0.2, 0.25) is 0 Å². The minimum absolute atomic E-state index is 0.0598. The van der Waals surface area contributed by atoms with Crippen LogP contribution in [0.4, 0.5) is 21.5 Å². The largest absolute Gasteiger partial charge is 0.397 e. The molecule has 0 aliphatic heterocycles. The van der Waals surface area contributed by atoms with Crippen molar-refractivity contribution < 1.29 is 12.8 Å². The molecule has 8 heteroatoms. The van der Waals surface area contributed by atoms with Crippen LogP contribution in [-0.4, -0.2) is 8.42 Å². The van der Waals surface area contributed by atoms with E-state index >= 15 is 0 Å². The Hall–Kier alpha value is -1.64. The van der Waals surface area contributed by atoms with Gasteiger partial charge in [-0.3, -0.25) is 0 Å². The Bertz CT molecular complexity index is 765. The van der Waals surface area contributed by atoms with Gasteiger partial charge in [0.2, 0.25) is 10.0 Å². The summed E-state index contributed by atoms with van der Waals surface area (Å²) in [5, 5.41) is 7.97. The highest BCUT2D eigenvalue weighted by atomic mass is 79.9. The molecule has 5 N–H and O–H groups in total. The van der Waals surface area contributed by atoms with E-state index in [1.54, 1.807) is 0 Å². The van der Waals surface area contributed by atoms with Crippen LogP contribution in [0.15, 0.2) is 45.8 Å². The maximum Gasteiger partial charge on any atom is 0.238 e. The molecular weight excluding hydrogens is 349 g/mol. The van der Waals surface area contributed by atoms with Gasteiger partial charge in [-0.1, -0.05) is 0 Å². The summed E-state index contributed by atoms with van der Waals surface area (Å²) in [6.45, 7) is 0. The number of benzene rings is 2. The first-order valence-electron chi connectivity index (χ1n) is 5.42. The van der Waals surface area contributed by atoms with Crippen LogP contribution in [0.25, 0.3) is 0 Å². The number of nitrogens with one attached hydrogen (secondary N) is 1. The smallest absolute Gasteiger partial charge is 0.238 e. The van der Waals surface area contributed by atoms with Crippen molar-refractivity contribution in [3.63, 3.8) is 0 Å². The number of sulfonamides is 1. The van der Waals surface area contributed by atoms with E-state index in [4.69, 9.17) is 10.9 Å². The Morgan fingerprint density at radius 2 is 1.85 bits per heavy atom. The number of hydrogen-bond donors (Lipinski definition) is 3. The summed E-state index contributed by atoms with van der Waals surface area (Å²) in [7, 11) is -3.81. The summed E-state index contributed by atoms with van der Waals surface area (Å²) in [5.74, 6) is -0.401. The first kappa shape index (κ1) is 14.8. The fourth-order valence-corrected chi connectivity index (χ4v) is 2.47. The molecular formula is C12H11BrFN3O2S. The van der Waals surface area contributed by atoms with Gasteiger partial charge in [0, 0.05) is 5.69 Å². The molecule has 0 amide bonds. The van der Waals surface area contributed by atoms with Gasteiger partial charge >= 0.3 is 0 Å². The zero-order chi connectivity index (χ0) is 14.9. The summed E-state index contributed by atoms with van der Waals surface area (Å²) < 4.78 is 36.0. The molecule has 2 rings (SSSR count). The molecule has 2 aromatic carbocycles. The first-order valence-corrected chi connectivity index (χ1v) is 7.76. The van der Waals surface area contributed by atoms with E-state index in [1.165, 1.54) is 36.4 Å². The third-order valence-corrected chi connectivity index (χ3v) is 4.07. The van der Waals surface area contributed by atoms with Crippen LogP contribution >= 0.6 is 15.9 Å². The predicted molar refractivity (Wildman–Crippen MR) is 79.6 cm³/mol. The standard InChI is InChI=1S/C12H11BrFN3O2S/c13-9-5-7(1-3-10(9)14)17-12-6-8(20(16,18)19)2-4-11(12)15/h1-6,17H,15H2,(H2,16,18,19). The van der Waals surface area contributed by atoms with Crippen molar-refractivity contribution >= 4 is 43.0 Å². The molecule has 0 spiro atoms. The molecule has 0 aromatic heterocycles. The zero-order valence-electron chi connectivity index (χ0n) is 10.1. The molecule has 106 valence electrons. The minimum atomic E-state index is -3.81. The zero-order valence-corrected chi connectivity index (χ0v) is 12.5. The average molecular weight is 360 g/mol. The number of nitrogen functional groups attached to an aromatic ring is 1. The molecule has 0 saturated carbocycles. The van der Waals surface area contributed by atoms with E-state index in [9.17, 15) is 12.8 Å². The highest BCUT2D eigenvalue weighted by Gasteiger charge is 2.11. The highest BCUT2D eigenvalue weighted by Crippen LogP contribution is 2.28. The number of nitrogens with two attached hydrogens (primary N) is 2. The molecule has 0 atom stereocenters. The van der Waals surface area contributed by atoms with Gasteiger partial charge < -0.3 is 11.1 Å². The van der Waals surface area contributed by atoms with Crippen LogP contribution in [0, 0.1) is 5.82 Å². The third-order valence-electron chi connectivity index (χ3n) is 2.55. The van der Waals surface area contributed by atoms with Gasteiger partial charge in [0.1, 0.15) is 5.82 Å². The lowest BCUT2D eigenvalue weighted by molar-refractivity contribution is 0.598. The summed E-state index contributed by atoms with van der Waals surface area (Å²) in [6.07, 6.45) is 0. The van der Waals surface area contributed by atoms with Crippen molar-refractivity contribution in [1.82, 2.24) is 0 Å². The molecule has 0 heterocycles. The van der Waals surface area contributed by atoms with Crippen LogP contribution in [0.5, 0.6) is 0 Å². The Morgan fingerprint density at radius 3 is 2.45 bits per heavy atom. The lowest BCUT2D eigenvalue weighted by Gasteiger charge is -2.11. The van der Waals surface area contributed by atoms with E-state index in [0.717, 1.165) is 0 Å². The van der Waals surface area contributed by atoms with Crippen molar-refractivity contribution in [3.8, 4) is 0 Å². The highest BCUT2D eigenvalue weighted by molar-refractivity contribution is 9.10. The molecule has 0 unspecified atom stereocenters. The normalized spacial score (nSPS) is 11.3. The molecule has 5 nitrogen and oxygen atoms in total. The van der Waals surface area contributed by atoms with Crippen LogP contribution in [0.1, 0.15) is 0 Å². The van der Waals surface area contributed by atoms with E-state index < -0.39 is 15.8 Å². The lowest BCUT2D eigenvalue weighted by atomic mass is 10.2. The molecule has 0 saturated heterocycles. The van der Waals surface area contributed by atoms with E-state index in [0.29, 0.717) is 17.1 Å². The van der Waals surface area contributed by atoms with Crippen molar-refractivity contribution in [2.24, 2.45) is 5.14 Å². The maximum atomic E-state index is 13.1. The average Bonchev–Trinajstić information content (AvgIpc) is 2.35. The van der Waals surface area contributed by atoms with Gasteiger partial charge in [-0.2, -0.15) is 0 Å².